The number of amides is 2. The van der Waals surface area contributed by atoms with E-state index in [-0.39, 0.29) is 23.5 Å². The summed E-state index contributed by atoms with van der Waals surface area (Å²) in [5, 5.41) is 2.62. The second-order valence-corrected chi connectivity index (χ2v) is 7.10. The van der Waals surface area contributed by atoms with Crippen LogP contribution in [0.15, 0.2) is 60.7 Å². The van der Waals surface area contributed by atoms with Crippen molar-refractivity contribution in [3.63, 3.8) is 0 Å². The van der Waals surface area contributed by atoms with Gasteiger partial charge in [-0.15, -0.1) is 0 Å². The van der Waals surface area contributed by atoms with E-state index in [4.69, 9.17) is 0 Å². The van der Waals surface area contributed by atoms with Crippen LogP contribution in [-0.2, 0) is 16.1 Å². The molecule has 0 aliphatic carbocycles. The summed E-state index contributed by atoms with van der Waals surface area (Å²) in [6.45, 7) is 0.424. The van der Waals surface area contributed by atoms with Crippen LogP contribution < -0.4 is 5.32 Å². The van der Waals surface area contributed by atoms with Crippen molar-refractivity contribution in [3.05, 3.63) is 71.8 Å². The van der Waals surface area contributed by atoms with E-state index in [2.05, 4.69) is 5.32 Å². The highest BCUT2D eigenvalue weighted by Crippen LogP contribution is 2.19. The van der Waals surface area contributed by atoms with E-state index in [1.54, 1.807) is 17.0 Å². The summed E-state index contributed by atoms with van der Waals surface area (Å²) in [6, 6.07) is 18.1. The average Bonchev–Trinajstić information content (AvgIpc) is 2.68. The highest BCUT2D eigenvalue weighted by atomic mass is 32.2. The third kappa shape index (κ3) is 4.52. The van der Waals surface area contributed by atoms with Crippen LogP contribution in [0.4, 0.5) is 0 Å². The standard InChI is InChI=1S/C20H20N2O3S/c23-18-13-21-19(24)17(22(18)14-15-7-3-1-4-8-15)11-12-26-20(25)16-9-5-2-6-10-16/h1-10,17H,11-14H2,(H,21,24)/t17-/m0/s1. The monoisotopic (exact) mass is 368 g/mol. The van der Waals surface area contributed by atoms with E-state index >= 15 is 0 Å². The van der Waals surface area contributed by atoms with Gasteiger partial charge in [-0.2, -0.15) is 0 Å². The van der Waals surface area contributed by atoms with Crippen LogP contribution in [0.25, 0.3) is 0 Å². The van der Waals surface area contributed by atoms with E-state index in [0.29, 0.717) is 24.3 Å². The summed E-state index contributed by atoms with van der Waals surface area (Å²) in [5.74, 6) is 0.218. The number of carbonyl (C=O) groups excluding carboxylic acids is 3. The molecule has 5 nitrogen and oxygen atoms in total. The van der Waals surface area contributed by atoms with Crippen LogP contribution in [0.1, 0.15) is 22.3 Å². The first kappa shape index (κ1) is 18.2. The second kappa shape index (κ2) is 8.67. The van der Waals surface area contributed by atoms with E-state index in [1.165, 1.54) is 11.8 Å². The average molecular weight is 368 g/mol. The third-order valence-electron chi connectivity index (χ3n) is 4.24. The minimum atomic E-state index is -0.549. The topological polar surface area (TPSA) is 66.5 Å². The number of piperazine rings is 1. The Labute approximate surface area is 156 Å². The SMILES string of the molecule is O=C(SCC[C@H]1C(=O)NCC(=O)N1Cc1ccccc1)c1ccccc1. The Morgan fingerprint density at radius 2 is 1.69 bits per heavy atom. The molecule has 1 aliphatic heterocycles. The Kier molecular flexibility index (Phi) is 6.07. The molecule has 134 valence electrons. The molecule has 6 heteroatoms. The van der Waals surface area contributed by atoms with E-state index in [1.807, 2.05) is 48.5 Å². The summed E-state index contributed by atoms with van der Waals surface area (Å²) in [6.07, 6.45) is 0.438. The number of carbonyl (C=O) groups is 3. The van der Waals surface area contributed by atoms with Gasteiger partial charge in [-0.3, -0.25) is 14.4 Å². The molecule has 1 saturated heterocycles. The smallest absolute Gasteiger partial charge is 0.243 e. The predicted molar refractivity (Wildman–Crippen MR) is 102 cm³/mol. The zero-order chi connectivity index (χ0) is 18.4. The van der Waals surface area contributed by atoms with Crippen molar-refractivity contribution in [1.82, 2.24) is 10.2 Å². The summed E-state index contributed by atoms with van der Waals surface area (Å²) in [5.41, 5.74) is 1.62. The fourth-order valence-electron chi connectivity index (χ4n) is 2.88. The Morgan fingerprint density at radius 3 is 2.38 bits per heavy atom. The molecule has 1 aliphatic rings. The lowest BCUT2D eigenvalue weighted by Crippen LogP contribution is -2.58. The Balaban J connectivity index is 1.62. The second-order valence-electron chi connectivity index (χ2n) is 6.03. The molecule has 1 N–H and O–H groups in total. The fourth-order valence-corrected chi connectivity index (χ4v) is 3.71. The lowest BCUT2D eigenvalue weighted by atomic mass is 10.1. The highest BCUT2D eigenvalue weighted by molar-refractivity contribution is 8.14. The number of nitrogens with zero attached hydrogens (tertiary/aromatic N) is 1. The number of nitrogens with one attached hydrogen (secondary N) is 1. The molecule has 26 heavy (non-hydrogen) atoms. The molecular weight excluding hydrogens is 348 g/mol. The molecule has 0 bridgehead atoms. The number of hydrogen-bond acceptors (Lipinski definition) is 4. The van der Waals surface area contributed by atoms with Gasteiger partial charge in [-0.05, 0) is 12.0 Å². The fraction of sp³-hybridized carbons (Fsp3) is 0.250. The molecule has 0 unspecified atom stereocenters. The summed E-state index contributed by atoms with van der Waals surface area (Å²) >= 11 is 1.18. The van der Waals surface area contributed by atoms with Crippen LogP contribution in [0.5, 0.6) is 0 Å². The van der Waals surface area contributed by atoms with Crippen molar-refractivity contribution < 1.29 is 14.4 Å². The normalized spacial score (nSPS) is 17.1. The van der Waals surface area contributed by atoms with Crippen molar-refractivity contribution in [2.24, 2.45) is 0 Å². The first-order valence-electron chi connectivity index (χ1n) is 8.48. The molecule has 2 amide bonds. The van der Waals surface area contributed by atoms with Crippen molar-refractivity contribution in [2.75, 3.05) is 12.3 Å². The van der Waals surface area contributed by atoms with Crippen molar-refractivity contribution in [1.29, 1.82) is 0 Å². The molecule has 2 aromatic carbocycles. The molecule has 3 rings (SSSR count). The van der Waals surface area contributed by atoms with Crippen molar-refractivity contribution >= 4 is 28.7 Å². The molecule has 0 radical (unpaired) electrons. The van der Waals surface area contributed by atoms with E-state index in [0.717, 1.165) is 5.56 Å². The van der Waals surface area contributed by atoms with Gasteiger partial charge in [0.05, 0.1) is 6.54 Å². The van der Waals surface area contributed by atoms with Gasteiger partial charge in [0.2, 0.25) is 16.9 Å². The molecule has 0 spiro atoms. The summed E-state index contributed by atoms with van der Waals surface area (Å²) < 4.78 is 0. The molecule has 1 fully saturated rings. The molecule has 2 aromatic rings. The lowest BCUT2D eigenvalue weighted by molar-refractivity contribution is -0.146. The van der Waals surface area contributed by atoms with Gasteiger partial charge in [0.25, 0.3) is 0 Å². The summed E-state index contributed by atoms with van der Waals surface area (Å²) in [7, 11) is 0. The largest absolute Gasteiger partial charge is 0.345 e. The maximum absolute atomic E-state index is 12.3. The lowest BCUT2D eigenvalue weighted by Gasteiger charge is -2.35. The highest BCUT2D eigenvalue weighted by Gasteiger charge is 2.34. The Bertz CT molecular complexity index is 780. The van der Waals surface area contributed by atoms with Gasteiger partial charge in [-0.25, -0.2) is 0 Å². The molecule has 1 heterocycles. The molecule has 0 aromatic heterocycles. The molecular formula is C20H20N2O3S. The Morgan fingerprint density at radius 1 is 1.04 bits per heavy atom. The third-order valence-corrected chi connectivity index (χ3v) is 5.18. The number of hydrogen-bond donors (Lipinski definition) is 1. The van der Waals surface area contributed by atoms with Crippen molar-refractivity contribution in [3.8, 4) is 0 Å². The number of rotatable bonds is 6. The molecule has 1 atom stereocenters. The quantitative estimate of drug-likeness (QED) is 0.851. The zero-order valence-corrected chi connectivity index (χ0v) is 15.1. The van der Waals surface area contributed by atoms with Gasteiger partial charge < -0.3 is 10.2 Å². The van der Waals surface area contributed by atoms with Crippen LogP contribution in [0, 0.1) is 0 Å². The number of benzene rings is 2. The summed E-state index contributed by atoms with van der Waals surface area (Å²) in [4.78, 5) is 38.4. The first-order valence-corrected chi connectivity index (χ1v) is 9.47. The minimum Gasteiger partial charge on any atom is -0.345 e. The van der Waals surface area contributed by atoms with Crippen molar-refractivity contribution in [2.45, 2.75) is 19.0 Å². The zero-order valence-electron chi connectivity index (χ0n) is 14.3. The van der Waals surface area contributed by atoms with Gasteiger partial charge >= 0.3 is 0 Å². The maximum atomic E-state index is 12.3. The van der Waals surface area contributed by atoms with E-state index in [9.17, 15) is 14.4 Å². The minimum absolute atomic E-state index is 0.0252. The first-order chi connectivity index (χ1) is 12.6. The van der Waals surface area contributed by atoms with Crippen LogP contribution >= 0.6 is 11.8 Å². The van der Waals surface area contributed by atoms with Crippen LogP contribution in [-0.4, -0.2) is 40.2 Å². The van der Waals surface area contributed by atoms with Crippen LogP contribution in [0.3, 0.4) is 0 Å². The van der Waals surface area contributed by atoms with Crippen LogP contribution in [0.2, 0.25) is 0 Å². The van der Waals surface area contributed by atoms with Gasteiger partial charge in [0.15, 0.2) is 0 Å². The predicted octanol–water partition coefficient (Wildman–Crippen LogP) is 2.48. The Hall–Kier alpha value is -2.60. The van der Waals surface area contributed by atoms with E-state index < -0.39 is 6.04 Å². The van der Waals surface area contributed by atoms with Gasteiger partial charge in [0.1, 0.15) is 6.04 Å². The molecule has 0 saturated carbocycles. The maximum Gasteiger partial charge on any atom is 0.243 e. The van der Waals surface area contributed by atoms with Gasteiger partial charge in [-0.1, -0.05) is 72.4 Å². The number of thioether (sulfide) groups is 1. The van der Waals surface area contributed by atoms with Gasteiger partial charge in [0, 0.05) is 17.9 Å².